The molecule has 0 radical (unpaired) electrons. The van der Waals surface area contributed by atoms with Crippen molar-refractivity contribution >= 4 is 33.8 Å². The van der Waals surface area contributed by atoms with Gasteiger partial charge in [0.15, 0.2) is 0 Å². The molecule has 3 aromatic carbocycles. The molecule has 0 nitrogen and oxygen atoms in total. The van der Waals surface area contributed by atoms with Crippen LogP contribution in [-0.2, 0) is 11.8 Å². The summed E-state index contributed by atoms with van der Waals surface area (Å²) in [5.41, 5.74) is 4.15. The molecule has 0 aliphatic rings. The third kappa shape index (κ3) is 4.14. The summed E-state index contributed by atoms with van der Waals surface area (Å²) in [5, 5.41) is 4.06. The lowest BCUT2D eigenvalue weighted by Gasteiger charge is -2.32. The van der Waals surface area contributed by atoms with Gasteiger partial charge in [-0.15, -0.1) is 0 Å². The van der Waals surface area contributed by atoms with E-state index in [0.717, 1.165) is 0 Å². The Kier molecular flexibility index (Phi) is 6.82. The van der Waals surface area contributed by atoms with Crippen LogP contribution in [0.5, 0.6) is 0 Å². The molecular weight excluding hydrogens is 387 g/mol. The maximum atomic E-state index is 6.83. The summed E-state index contributed by atoms with van der Waals surface area (Å²) in [6.45, 7) is 13.7. The summed E-state index contributed by atoms with van der Waals surface area (Å²) >= 11 is 6.83. The lowest BCUT2D eigenvalue weighted by Crippen LogP contribution is -2.31. The summed E-state index contributed by atoms with van der Waals surface area (Å²) in [6.07, 6.45) is 0. The van der Waals surface area contributed by atoms with Crippen molar-refractivity contribution in [1.29, 1.82) is 0 Å². The minimum atomic E-state index is -2.22. The van der Waals surface area contributed by atoms with Crippen molar-refractivity contribution in [2.75, 3.05) is 0 Å². The monoisotopic (exact) mass is 420 g/mol. The van der Waals surface area contributed by atoms with Gasteiger partial charge < -0.3 is 0 Å². The quantitative estimate of drug-likeness (QED) is 0.395. The second kappa shape index (κ2) is 8.99. The SMILES string of the molecule is CC(C)c1ccccc1P(=S)(c1ccccc1C(C)C)c1ccccc1C(C)C. The van der Waals surface area contributed by atoms with Crippen LogP contribution in [0.3, 0.4) is 0 Å². The van der Waals surface area contributed by atoms with Gasteiger partial charge >= 0.3 is 0 Å². The minimum Gasteiger partial charge on any atom is -0.0826 e. The van der Waals surface area contributed by atoms with Crippen LogP contribution in [0.25, 0.3) is 0 Å². The first-order valence-corrected chi connectivity index (χ1v) is 13.5. The van der Waals surface area contributed by atoms with E-state index in [9.17, 15) is 0 Å². The van der Waals surface area contributed by atoms with Crippen molar-refractivity contribution in [2.24, 2.45) is 0 Å². The van der Waals surface area contributed by atoms with Crippen molar-refractivity contribution in [3.05, 3.63) is 89.5 Å². The molecule has 0 aliphatic heterocycles. The van der Waals surface area contributed by atoms with E-state index in [1.807, 2.05) is 0 Å². The largest absolute Gasteiger partial charge is 0.0826 e. The Morgan fingerprint density at radius 2 is 0.724 bits per heavy atom. The standard InChI is InChI=1S/C27H33PS/c1-19(2)22-13-7-10-16-25(22)28(29,26-17-11-8-14-23(26)20(3)4)27-18-12-9-15-24(27)21(5)6/h7-21H,1-6H3. The van der Waals surface area contributed by atoms with Gasteiger partial charge in [-0.25, -0.2) is 0 Å². The molecule has 0 spiro atoms. The van der Waals surface area contributed by atoms with Gasteiger partial charge in [-0.2, -0.15) is 0 Å². The minimum absolute atomic E-state index is 0.436. The summed E-state index contributed by atoms with van der Waals surface area (Å²) < 4.78 is 0. The first-order chi connectivity index (χ1) is 13.8. The van der Waals surface area contributed by atoms with Crippen molar-refractivity contribution in [2.45, 2.75) is 59.3 Å². The third-order valence-electron chi connectivity index (χ3n) is 5.69. The highest BCUT2D eigenvalue weighted by molar-refractivity contribution is 8.25. The molecule has 29 heavy (non-hydrogen) atoms. The normalized spacial score (nSPS) is 12.2. The summed E-state index contributed by atoms with van der Waals surface area (Å²) in [4.78, 5) is 0. The molecule has 0 amide bonds. The molecular formula is C27H33PS. The zero-order chi connectivity index (χ0) is 21.2. The Morgan fingerprint density at radius 1 is 0.483 bits per heavy atom. The lowest BCUT2D eigenvalue weighted by molar-refractivity contribution is 0.870. The Hall–Kier alpha value is -1.69. The van der Waals surface area contributed by atoms with Crippen LogP contribution in [0.15, 0.2) is 72.8 Å². The van der Waals surface area contributed by atoms with Crippen LogP contribution in [0, 0.1) is 0 Å². The van der Waals surface area contributed by atoms with E-state index >= 15 is 0 Å². The van der Waals surface area contributed by atoms with E-state index < -0.39 is 6.04 Å². The molecule has 0 N–H and O–H groups in total. The number of rotatable bonds is 6. The van der Waals surface area contributed by atoms with E-state index in [2.05, 4.69) is 114 Å². The van der Waals surface area contributed by atoms with Gasteiger partial charge in [0.1, 0.15) is 0 Å². The van der Waals surface area contributed by atoms with Crippen LogP contribution < -0.4 is 15.9 Å². The van der Waals surface area contributed by atoms with Crippen LogP contribution in [0.4, 0.5) is 0 Å². The Balaban J connectivity index is 2.48. The highest BCUT2D eigenvalue weighted by Gasteiger charge is 2.32. The van der Waals surface area contributed by atoms with Crippen molar-refractivity contribution in [3.8, 4) is 0 Å². The predicted octanol–water partition coefficient (Wildman–Crippen LogP) is 6.81. The maximum Gasteiger partial charge on any atom is 0.0387 e. The fourth-order valence-corrected chi connectivity index (χ4v) is 9.43. The number of benzene rings is 3. The molecule has 0 atom stereocenters. The molecule has 0 saturated heterocycles. The van der Waals surface area contributed by atoms with Crippen molar-refractivity contribution in [3.63, 3.8) is 0 Å². The average Bonchev–Trinajstić information content (AvgIpc) is 2.73. The molecule has 2 heteroatoms. The van der Waals surface area contributed by atoms with E-state index in [-0.39, 0.29) is 0 Å². The highest BCUT2D eigenvalue weighted by Crippen LogP contribution is 2.48. The Labute approximate surface area is 182 Å². The van der Waals surface area contributed by atoms with Gasteiger partial charge in [-0.05, 0) is 50.4 Å². The molecule has 0 heterocycles. The van der Waals surface area contributed by atoms with Crippen molar-refractivity contribution in [1.82, 2.24) is 0 Å². The summed E-state index contributed by atoms with van der Waals surface area (Å²) in [6, 6.07) is 24.5. The first-order valence-electron chi connectivity index (χ1n) is 10.7. The fraction of sp³-hybridized carbons (Fsp3) is 0.333. The zero-order valence-electron chi connectivity index (χ0n) is 18.5. The average molecular weight is 421 g/mol. The topological polar surface area (TPSA) is 0 Å². The first kappa shape index (κ1) is 22.0. The van der Waals surface area contributed by atoms with Crippen LogP contribution in [0.2, 0.25) is 0 Å². The molecule has 152 valence electrons. The molecule has 0 fully saturated rings. The van der Waals surface area contributed by atoms with E-state index in [1.54, 1.807) is 0 Å². The van der Waals surface area contributed by atoms with E-state index in [0.29, 0.717) is 17.8 Å². The Bertz CT molecular complexity index is 898. The lowest BCUT2D eigenvalue weighted by atomic mass is 10.0. The number of hydrogen-bond acceptors (Lipinski definition) is 1. The van der Waals surface area contributed by atoms with Crippen molar-refractivity contribution < 1.29 is 0 Å². The zero-order valence-corrected chi connectivity index (χ0v) is 20.2. The molecule has 0 aliphatic carbocycles. The third-order valence-corrected chi connectivity index (χ3v) is 10.7. The predicted molar refractivity (Wildman–Crippen MR) is 135 cm³/mol. The van der Waals surface area contributed by atoms with Gasteiger partial charge in [-0.1, -0.05) is 126 Å². The second-order valence-corrected chi connectivity index (χ2v) is 13.1. The van der Waals surface area contributed by atoms with E-state index in [1.165, 1.54) is 32.6 Å². The molecule has 3 aromatic rings. The van der Waals surface area contributed by atoms with Gasteiger partial charge in [0.25, 0.3) is 0 Å². The number of hydrogen-bond donors (Lipinski definition) is 0. The van der Waals surface area contributed by atoms with Crippen LogP contribution in [0.1, 0.15) is 76.0 Å². The molecule has 3 rings (SSSR count). The van der Waals surface area contributed by atoms with Gasteiger partial charge in [-0.3, -0.25) is 0 Å². The second-order valence-electron chi connectivity index (χ2n) is 8.75. The molecule has 0 bridgehead atoms. The highest BCUT2D eigenvalue weighted by atomic mass is 32.4. The van der Waals surface area contributed by atoms with Crippen LogP contribution >= 0.6 is 6.04 Å². The van der Waals surface area contributed by atoms with Gasteiger partial charge in [0.2, 0.25) is 0 Å². The fourth-order valence-electron chi connectivity index (χ4n) is 4.18. The van der Waals surface area contributed by atoms with Crippen LogP contribution in [-0.4, -0.2) is 0 Å². The van der Waals surface area contributed by atoms with Gasteiger partial charge in [0, 0.05) is 6.04 Å². The molecule has 0 aromatic heterocycles. The maximum absolute atomic E-state index is 6.83. The summed E-state index contributed by atoms with van der Waals surface area (Å²) in [5.74, 6) is 1.31. The van der Waals surface area contributed by atoms with E-state index in [4.69, 9.17) is 11.8 Å². The van der Waals surface area contributed by atoms with Gasteiger partial charge in [0.05, 0.1) is 0 Å². The smallest absolute Gasteiger partial charge is 0.0387 e. The Morgan fingerprint density at radius 3 is 0.966 bits per heavy atom. The summed E-state index contributed by atoms with van der Waals surface area (Å²) in [7, 11) is 0. The molecule has 0 unspecified atom stereocenters. The molecule has 0 saturated carbocycles.